The smallest absolute Gasteiger partial charge is 0.410 e. The Kier molecular flexibility index (Phi) is 3.42. The minimum atomic E-state index is -0.519. The van der Waals surface area contributed by atoms with E-state index in [4.69, 9.17) is 4.74 Å². The monoisotopic (exact) mass is 304 g/mol. The van der Waals surface area contributed by atoms with Crippen LogP contribution in [0.2, 0.25) is 0 Å². The Morgan fingerprint density at radius 2 is 2.23 bits per heavy atom. The van der Waals surface area contributed by atoms with Gasteiger partial charge in [-0.3, -0.25) is 4.57 Å². The Labute approximate surface area is 127 Å². The highest BCUT2D eigenvalue weighted by Gasteiger charge is 2.32. The molecule has 0 bridgehead atoms. The highest BCUT2D eigenvalue weighted by atomic mass is 16.6. The number of imidazole rings is 1. The summed E-state index contributed by atoms with van der Waals surface area (Å²) in [4.78, 5) is 33.0. The number of pyridine rings is 1. The van der Waals surface area contributed by atoms with E-state index in [-0.39, 0.29) is 17.8 Å². The lowest BCUT2D eigenvalue weighted by molar-refractivity contribution is 0.0289. The number of nitrogens with one attached hydrogen (secondary N) is 1. The van der Waals surface area contributed by atoms with Crippen LogP contribution >= 0.6 is 0 Å². The van der Waals surface area contributed by atoms with Crippen molar-refractivity contribution in [2.75, 3.05) is 13.1 Å². The van der Waals surface area contributed by atoms with Gasteiger partial charge in [-0.25, -0.2) is 14.6 Å². The first kappa shape index (κ1) is 14.6. The molecule has 0 saturated carbocycles. The molecule has 2 aromatic rings. The van der Waals surface area contributed by atoms with Gasteiger partial charge in [0.1, 0.15) is 5.60 Å². The Hall–Kier alpha value is -2.31. The summed E-state index contributed by atoms with van der Waals surface area (Å²) in [6.07, 6.45) is 2.03. The molecule has 118 valence electrons. The fraction of sp³-hybridized carbons (Fsp3) is 0.533. The highest BCUT2D eigenvalue weighted by molar-refractivity contribution is 5.71. The minimum absolute atomic E-state index is 0.0799. The number of nitrogens with zero attached hydrogens (tertiary/aromatic N) is 3. The van der Waals surface area contributed by atoms with E-state index in [1.807, 2.05) is 26.8 Å². The van der Waals surface area contributed by atoms with Gasteiger partial charge in [0, 0.05) is 19.3 Å². The Balaban J connectivity index is 1.82. The highest BCUT2D eigenvalue weighted by Crippen LogP contribution is 2.24. The molecule has 1 amide bonds. The first-order valence-corrected chi connectivity index (χ1v) is 7.38. The normalized spacial score (nSPS) is 18.9. The molecule has 1 aliphatic heterocycles. The molecule has 1 atom stereocenters. The summed E-state index contributed by atoms with van der Waals surface area (Å²) in [5.41, 5.74) is 0.630. The van der Waals surface area contributed by atoms with E-state index >= 15 is 0 Å². The summed E-state index contributed by atoms with van der Waals surface area (Å²) < 4.78 is 7.02. The number of hydrogen-bond donors (Lipinski definition) is 1. The van der Waals surface area contributed by atoms with Gasteiger partial charge in [-0.05, 0) is 39.3 Å². The molecule has 22 heavy (non-hydrogen) atoms. The van der Waals surface area contributed by atoms with Gasteiger partial charge in [0.15, 0.2) is 5.65 Å². The standard InChI is InChI=1S/C15H20N4O3/c1-15(2,3)22-14(21)18-8-6-10(9-18)19-12-11(17-13(19)20)5-4-7-16-12/h4-5,7,10H,6,8-9H2,1-3H3,(H,17,20)/t10-/m1/s1. The number of carbonyl (C=O) groups excluding carboxylic acids is 1. The van der Waals surface area contributed by atoms with Crippen LogP contribution in [0.3, 0.4) is 0 Å². The largest absolute Gasteiger partial charge is 0.444 e. The first-order chi connectivity index (χ1) is 10.3. The fourth-order valence-electron chi connectivity index (χ4n) is 2.74. The molecule has 2 aromatic heterocycles. The van der Waals surface area contributed by atoms with Crippen LogP contribution in [0.15, 0.2) is 23.1 Å². The zero-order valence-electron chi connectivity index (χ0n) is 13.0. The van der Waals surface area contributed by atoms with Crippen molar-refractivity contribution in [3.8, 4) is 0 Å². The van der Waals surface area contributed by atoms with Crippen molar-refractivity contribution >= 4 is 17.3 Å². The lowest BCUT2D eigenvalue weighted by atomic mass is 10.2. The van der Waals surface area contributed by atoms with Gasteiger partial charge in [-0.2, -0.15) is 0 Å². The van der Waals surface area contributed by atoms with Crippen LogP contribution < -0.4 is 5.69 Å². The third kappa shape index (κ3) is 2.70. The number of aromatic amines is 1. The molecule has 3 rings (SSSR count). The summed E-state index contributed by atoms with van der Waals surface area (Å²) >= 11 is 0. The maximum absolute atomic E-state index is 12.2. The molecule has 7 heteroatoms. The van der Waals surface area contributed by atoms with Gasteiger partial charge in [-0.15, -0.1) is 0 Å². The molecular weight excluding hydrogens is 284 g/mol. The van der Waals surface area contributed by atoms with Crippen LogP contribution in [0.4, 0.5) is 4.79 Å². The SMILES string of the molecule is CC(C)(C)OC(=O)N1CC[C@@H](n2c(=O)[nH]c3cccnc32)C1. The van der Waals surface area contributed by atoms with E-state index in [9.17, 15) is 9.59 Å². The maximum Gasteiger partial charge on any atom is 0.410 e. The molecule has 0 aromatic carbocycles. The predicted molar refractivity (Wildman–Crippen MR) is 81.8 cm³/mol. The number of hydrogen-bond acceptors (Lipinski definition) is 4. The molecule has 0 aliphatic carbocycles. The van der Waals surface area contributed by atoms with E-state index in [1.165, 1.54) is 0 Å². The molecule has 0 radical (unpaired) electrons. The molecule has 1 aliphatic rings. The first-order valence-electron chi connectivity index (χ1n) is 7.38. The number of fused-ring (bicyclic) bond motifs is 1. The average molecular weight is 304 g/mol. The van der Waals surface area contributed by atoms with Crippen LogP contribution in [-0.2, 0) is 4.74 Å². The molecule has 3 heterocycles. The summed E-state index contributed by atoms with van der Waals surface area (Å²) in [6, 6.07) is 3.52. The third-order valence-electron chi connectivity index (χ3n) is 3.66. The zero-order chi connectivity index (χ0) is 15.9. The lowest BCUT2D eigenvalue weighted by Crippen LogP contribution is -2.36. The van der Waals surface area contributed by atoms with Gasteiger partial charge >= 0.3 is 11.8 Å². The summed E-state index contributed by atoms with van der Waals surface area (Å²) in [6.45, 7) is 6.55. The number of likely N-dealkylation sites (tertiary alicyclic amines) is 1. The maximum atomic E-state index is 12.2. The molecule has 1 fully saturated rings. The van der Waals surface area contributed by atoms with Gasteiger partial charge in [0.25, 0.3) is 0 Å². The summed E-state index contributed by atoms with van der Waals surface area (Å²) in [5, 5.41) is 0. The van der Waals surface area contributed by atoms with E-state index < -0.39 is 5.60 Å². The molecule has 0 unspecified atom stereocenters. The Bertz CT molecular complexity index is 756. The van der Waals surface area contributed by atoms with Crippen molar-refractivity contribution < 1.29 is 9.53 Å². The van der Waals surface area contributed by atoms with Crippen LogP contribution in [0.25, 0.3) is 11.2 Å². The van der Waals surface area contributed by atoms with Crippen molar-refractivity contribution in [3.05, 3.63) is 28.8 Å². The lowest BCUT2D eigenvalue weighted by Gasteiger charge is -2.24. The van der Waals surface area contributed by atoms with Crippen LogP contribution in [-0.4, -0.2) is 44.2 Å². The Morgan fingerprint density at radius 3 is 2.95 bits per heavy atom. The third-order valence-corrected chi connectivity index (χ3v) is 3.66. The predicted octanol–water partition coefficient (Wildman–Crippen LogP) is 1.91. The number of ether oxygens (including phenoxy) is 1. The molecule has 1 N–H and O–H groups in total. The topological polar surface area (TPSA) is 80.2 Å². The zero-order valence-corrected chi connectivity index (χ0v) is 13.0. The molecule has 0 spiro atoms. The van der Waals surface area contributed by atoms with Crippen molar-refractivity contribution in [2.45, 2.75) is 38.8 Å². The number of aromatic nitrogens is 3. The van der Waals surface area contributed by atoms with Gasteiger partial charge in [-0.1, -0.05) is 0 Å². The Morgan fingerprint density at radius 1 is 1.45 bits per heavy atom. The minimum Gasteiger partial charge on any atom is -0.444 e. The second-order valence-electron chi connectivity index (χ2n) is 6.54. The average Bonchev–Trinajstić information content (AvgIpc) is 2.99. The molecule has 7 nitrogen and oxygen atoms in total. The van der Waals surface area contributed by atoms with Gasteiger partial charge in [0.2, 0.25) is 0 Å². The van der Waals surface area contributed by atoms with Crippen molar-refractivity contribution in [1.29, 1.82) is 0 Å². The van der Waals surface area contributed by atoms with Crippen molar-refractivity contribution in [2.24, 2.45) is 0 Å². The van der Waals surface area contributed by atoms with Crippen LogP contribution in [0.5, 0.6) is 0 Å². The molecular formula is C15H20N4O3. The van der Waals surface area contributed by atoms with Gasteiger partial charge in [0.05, 0.1) is 11.6 Å². The second-order valence-corrected chi connectivity index (χ2v) is 6.54. The number of rotatable bonds is 1. The number of amides is 1. The number of H-pyrrole nitrogens is 1. The van der Waals surface area contributed by atoms with Crippen LogP contribution in [0, 0.1) is 0 Å². The van der Waals surface area contributed by atoms with E-state index in [2.05, 4.69) is 9.97 Å². The van der Waals surface area contributed by atoms with Crippen LogP contribution in [0.1, 0.15) is 33.2 Å². The summed E-state index contributed by atoms with van der Waals surface area (Å²) in [7, 11) is 0. The van der Waals surface area contributed by atoms with E-state index in [0.717, 1.165) is 0 Å². The summed E-state index contributed by atoms with van der Waals surface area (Å²) in [5.74, 6) is 0. The van der Waals surface area contributed by atoms with Crippen molar-refractivity contribution in [1.82, 2.24) is 19.4 Å². The van der Waals surface area contributed by atoms with Crippen molar-refractivity contribution in [3.63, 3.8) is 0 Å². The second kappa shape index (κ2) is 5.15. The number of carbonyl (C=O) groups is 1. The van der Waals surface area contributed by atoms with E-state index in [0.29, 0.717) is 30.7 Å². The fourth-order valence-corrected chi connectivity index (χ4v) is 2.74. The van der Waals surface area contributed by atoms with Gasteiger partial charge < -0.3 is 14.6 Å². The van der Waals surface area contributed by atoms with E-state index in [1.54, 1.807) is 21.7 Å². The molecule has 1 saturated heterocycles. The quantitative estimate of drug-likeness (QED) is 0.872.